The summed E-state index contributed by atoms with van der Waals surface area (Å²) in [6.07, 6.45) is 3.01. The van der Waals surface area contributed by atoms with E-state index in [1.807, 2.05) is 44.1 Å². The van der Waals surface area contributed by atoms with Crippen LogP contribution in [0.25, 0.3) is 0 Å². The molecule has 1 aromatic rings. The van der Waals surface area contributed by atoms with Crippen LogP contribution in [0.15, 0.2) is 28.7 Å². The summed E-state index contributed by atoms with van der Waals surface area (Å²) in [7, 11) is 8.97. The van der Waals surface area contributed by atoms with Crippen molar-refractivity contribution in [3.63, 3.8) is 0 Å². The van der Waals surface area contributed by atoms with Crippen LogP contribution in [0.1, 0.15) is 40.7 Å². The van der Waals surface area contributed by atoms with Gasteiger partial charge in [-0.05, 0) is 88.8 Å². The lowest BCUT2D eigenvalue weighted by atomic mass is 9.59. The highest BCUT2D eigenvalue weighted by atomic mass is 16.7. The summed E-state index contributed by atoms with van der Waals surface area (Å²) in [5.41, 5.74) is 7.89. The Labute approximate surface area is 264 Å². The number of fused-ring (bicyclic) bond motifs is 3. The Morgan fingerprint density at radius 3 is 2.49 bits per heavy atom. The number of hydrogen-bond donors (Lipinski definition) is 5. The fraction of sp³-hybridized carbons (Fsp3) is 0.606. The number of primary amides is 1. The number of benzene rings is 1. The first kappa shape index (κ1) is 32.9. The number of aliphatic hydroxyl groups excluding tert-OH is 1. The summed E-state index contributed by atoms with van der Waals surface area (Å²) < 4.78 is 11.3. The molecule has 0 saturated carbocycles. The van der Waals surface area contributed by atoms with Gasteiger partial charge in [-0.3, -0.25) is 14.4 Å². The molecule has 45 heavy (non-hydrogen) atoms. The van der Waals surface area contributed by atoms with Crippen molar-refractivity contribution in [3.8, 4) is 5.75 Å². The lowest BCUT2D eigenvalue weighted by molar-refractivity contribution is -0.128. The number of anilines is 1. The van der Waals surface area contributed by atoms with E-state index in [2.05, 4.69) is 10.6 Å². The largest absolute Gasteiger partial charge is 0.511 e. The average Bonchev–Trinajstić information content (AvgIpc) is 2.98. The molecule has 12 heteroatoms. The zero-order valence-corrected chi connectivity index (χ0v) is 26.9. The van der Waals surface area contributed by atoms with Gasteiger partial charge in [0.1, 0.15) is 22.8 Å². The fourth-order valence-corrected chi connectivity index (χ4v) is 7.78. The van der Waals surface area contributed by atoms with Crippen LogP contribution in [0, 0.1) is 29.6 Å². The molecule has 0 aromatic heterocycles. The fourth-order valence-electron chi connectivity index (χ4n) is 7.78. The van der Waals surface area contributed by atoms with Gasteiger partial charge in [-0.2, -0.15) is 0 Å². The second kappa shape index (κ2) is 13.5. The van der Waals surface area contributed by atoms with E-state index in [0.717, 1.165) is 43.7 Å². The number of methoxy groups -OCH3 is 1. The summed E-state index contributed by atoms with van der Waals surface area (Å²) in [5, 5.41) is 29.7. The number of carbonyl (C=O) groups excluding carboxylic acids is 3. The molecular formula is C33H47N5O7. The number of aromatic hydroxyl groups is 1. The van der Waals surface area contributed by atoms with Gasteiger partial charge in [0.15, 0.2) is 18.4 Å². The Morgan fingerprint density at radius 2 is 1.87 bits per heavy atom. The second-order valence-corrected chi connectivity index (χ2v) is 13.3. The molecule has 12 nitrogen and oxygen atoms in total. The van der Waals surface area contributed by atoms with Gasteiger partial charge in [-0.1, -0.05) is 0 Å². The van der Waals surface area contributed by atoms with Crippen LogP contribution in [-0.2, 0) is 32.0 Å². The topological polar surface area (TPSA) is 167 Å². The van der Waals surface area contributed by atoms with E-state index in [1.54, 1.807) is 0 Å². The molecule has 0 spiro atoms. The predicted molar refractivity (Wildman–Crippen MR) is 169 cm³/mol. The molecule has 4 aliphatic rings. The zero-order chi connectivity index (χ0) is 32.6. The van der Waals surface area contributed by atoms with Gasteiger partial charge < -0.3 is 45.9 Å². The average molecular weight is 626 g/mol. The van der Waals surface area contributed by atoms with Crippen molar-refractivity contribution in [1.82, 2.24) is 15.5 Å². The molecule has 246 valence electrons. The highest BCUT2D eigenvalue weighted by Gasteiger charge is 2.54. The number of amides is 1. The van der Waals surface area contributed by atoms with E-state index >= 15 is 0 Å². The number of aliphatic hydroxyl groups is 1. The molecule has 1 fully saturated rings. The Hall–Kier alpha value is -3.45. The van der Waals surface area contributed by atoms with E-state index in [4.69, 9.17) is 15.2 Å². The normalized spacial score (nSPS) is 25.3. The van der Waals surface area contributed by atoms with Gasteiger partial charge in [-0.25, -0.2) is 0 Å². The first-order chi connectivity index (χ1) is 21.5. The van der Waals surface area contributed by atoms with Crippen molar-refractivity contribution in [2.24, 2.45) is 35.3 Å². The van der Waals surface area contributed by atoms with Crippen molar-refractivity contribution in [2.45, 2.75) is 32.2 Å². The highest BCUT2D eigenvalue weighted by Crippen LogP contribution is 2.53. The molecular weight excluding hydrogens is 578 g/mol. The van der Waals surface area contributed by atoms with E-state index in [1.165, 1.54) is 7.11 Å². The number of ketones is 2. The zero-order valence-electron chi connectivity index (χ0n) is 26.9. The predicted octanol–water partition coefficient (Wildman–Crippen LogP) is 1.47. The van der Waals surface area contributed by atoms with Crippen LogP contribution in [-0.4, -0.2) is 101 Å². The number of Topliss-reactive ketones (excluding diaryl/α,β-unsaturated/α-hetero) is 2. The maximum absolute atomic E-state index is 14.6. The Kier molecular flexibility index (Phi) is 9.88. The number of rotatable bonds is 11. The van der Waals surface area contributed by atoms with Crippen LogP contribution in [0.2, 0.25) is 0 Å². The van der Waals surface area contributed by atoms with E-state index in [0.29, 0.717) is 43.0 Å². The lowest BCUT2D eigenvalue weighted by Gasteiger charge is -2.46. The molecule has 1 amide bonds. The van der Waals surface area contributed by atoms with Gasteiger partial charge >= 0.3 is 0 Å². The summed E-state index contributed by atoms with van der Waals surface area (Å²) in [6.45, 7) is 3.34. The standard InChI is InChI=1S/C33H47N5O7/c1-37(2)15-22-20-10-18-11-21-23(38(3)4)12-19(14-36-13-17-6-8-35-9-7-17)28(39)25(21)30(41)24(18)32(45-16-44-5)26(20)31(42)27(29(22)40)33(34)43/h12,17-18,20,22,26,35-36,39-40H,6-11,13-16H2,1-5H3,(H2,34,43)/t18?,20?,22-,26?/m1/s1. The maximum Gasteiger partial charge on any atom is 0.255 e. The van der Waals surface area contributed by atoms with Crippen molar-refractivity contribution in [2.75, 3.05) is 73.2 Å². The number of piperidine rings is 1. The van der Waals surface area contributed by atoms with Crippen LogP contribution in [0.4, 0.5) is 5.69 Å². The van der Waals surface area contributed by atoms with Gasteiger partial charge in [0.05, 0.1) is 11.5 Å². The van der Waals surface area contributed by atoms with Gasteiger partial charge in [0.2, 0.25) is 0 Å². The van der Waals surface area contributed by atoms with Crippen molar-refractivity contribution in [1.29, 1.82) is 0 Å². The van der Waals surface area contributed by atoms with Crippen LogP contribution >= 0.6 is 0 Å². The molecule has 0 radical (unpaired) electrons. The summed E-state index contributed by atoms with van der Waals surface area (Å²) >= 11 is 0. The summed E-state index contributed by atoms with van der Waals surface area (Å²) in [5.74, 6) is -4.18. The monoisotopic (exact) mass is 625 g/mol. The molecule has 3 unspecified atom stereocenters. The third-order valence-electron chi connectivity index (χ3n) is 9.81. The SMILES string of the molecule is COCOC1=C2C(=O)c3c(O)c(CNCC4CCNCC4)cc(N(C)C)c3CC2CC2C1C(=O)C(C(N)=O)=C(O)[C@@H]2CN(C)C. The number of ether oxygens (including phenoxy) is 2. The molecule has 1 heterocycles. The van der Waals surface area contributed by atoms with Crippen LogP contribution in [0.5, 0.6) is 5.75 Å². The molecule has 5 rings (SSSR count). The first-order valence-electron chi connectivity index (χ1n) is 15.7. The number of phenols is 1. The second-order valence-electron chi connectivity index (χ2n) is 13.3. The number of carbonyl (C=O) groups is 3. The van der Waals surface area contributed by atoms with E-state index in [-0.39, 0.29) is 35.5 Å². The molecule has 0 bridgehead atoms. The van der Waals surface area contributed by atoms with Crippen molar-refractivity contribution >= 4 is 23.2 Å². The van der Waals surface area contributed by atoms with Gasteiger partial charge in [-0.15, -0.1) is 0 Å². The van der Waals surface area contributed by atoms with Crippen LogP contribution in [0.3, 0.4) is 0 Å². The third kappa shape index (κ3) is 6.20. The van der Waals surface area contributed by atoms with Gasteiger partial charge in [0, 0.05) is 57.0 Å². The van der Waals surface area contributed by atoms with Crippen LogP contribution < -0.4 is 21.3 Å². The lowest BCUT2D eigenvalue weighted by Crippen LogP contribution is -2.49. The number of nitrogens with one attached hydrogen (secondary N) is 2. The van der Waals surface area contributed by atoms with Gasteiger partial charge in [0.25, 0.3) is 5.91 Å². The maximum atomic E-state index is 14.6. The Morgan fingerprint density at radius 1 is 1.16 bits per heavy atom. The molecule has 1 aromatic carbocycles. The highest BCUT2D eigenvalue weighted by molar-refractivity contribution is 6.22. The van der Waals surface area contributed by atoms with E-state index < -0.39 is 40.8 Å². The third-order valence-corrected chi connectivity index (χ3v) is 9.81. The Balaban J connectivity index is 1.60. The van der Waals surface area contributed by atoms with Crippen molar-refractivity contribution < 1.29 is 34.1 Å². The minimum atomic E-state index is -1.02. The number of allylic oxidation sites excluding steroid dienone is 2. The number of phenolic OH excluding ortho intramolecular Hbond substituents is 1. The first-order valence-corrected chi connectivity index (χ1v) is 15.7. The number of hydrogen-bond acceptors (Lipinski definition) is 11. The smallest absolute Gasteiger partial charge is 0.255 e. The quantitative estimate of drug-likeness (QED) is 0.179. The molecule has 3 aliphatic carbocycles. The molecule has 6 N–H and O–H groups in total. The Bertz CT molecular complexity index is 1410. The molecule has 4 atom stereocenters. The van der Waals surface area contributed by atoms with Crippen molar-refractivity contribution in [3.05, 3.63) is 45.4 Å². The summed E-state index contributed by atoms with van der Waals surface area (Å²) in [4.78, 5) is 44.7. The summed E-state index contributed by atoms with van der Waals surface area (Å²) in [6, 6.07) is 1.95. The molecule has 1 saturated heterocycles. The molecule has 1 aliphatic heterocycles. The number of nitrogens with two attached hydrogens (primary N) is 1. The number of nitrogens with zero attached hydrogens (tertiary/aromatic N) is 2. The minimum Gasteiger partial charge on any atom is -0.511 e. The van der Waals surface area contributed by atoms with E-state index in [9.17, 15) is 24.6 Å². The minimum absolute atomic E-state index is 0.0756.